The summed E-state index contributed by atoms with van der Waals surface area (Å²) in [5.41, 5.74) is 1.72. The third-order valence-electron chi connectivity index (χ3n) is 3.65. The number of anilines is 2. The number of nitrogens with one attached hydrogen (secondary N) is 1. The maximum absolute atomic E-state index is 5.61. The van der Waals surface area contributed by atoms with Gasteiger partial charge in [-0.2, -0.15) is 0 Å². The van der Waals surface area contributed by atoms with Gasteiger partial charge in [-0.05, 0) is 30.3 Å². The topological polar surface area (TPSA) is 65.5 Å². The average Bonchev–Trinajstić information content (AvgIpc) is 2.61. The van der Waals surface area contributed by atoms with Crippen molar-refractivity contribution in [3.8, 4) is 17.2 Å². The molecule has 2 heterocycles. The van der Waals surface area contributed by atoms with Gasteiger partial charge in [-0.25, -0.2) is 9.97 Å². The second-order valence-corrected chi connectivity index (χ2v) is 5.09. The molecule has 116 valence electrons. The molecule has 1 N–H and O–H groups in total. The Morgan fingerprint density at radius 2 is 1.87 bits per heavy atom. The Labute approximate surface area is 133 Å². The van der Waals surface area contributed by atoms with Crippen LogP contribution in [-0.4, -0.2) is 30.3 Å². The fourth-order valence-electron chi connectivity index (χ4n) is 2.52. The first-order chi connectivity index (χ1) is 11.3. The summed E-state index contributed by atoms with van der Waals surface area (Å²) in [6.45, 7) is 1.14. The first kappa shape index (κ1) is 13.6. The number of methoxy groups -OCH3 is 1. The Bertz CT molecular complexity index is 867. The van der Waals surface area contributed by atoms with Gasteiger partial charge in [-0.15, -0.1) is 0 Å². The lowest BCUT2D eigenvalue weighted by molar-refractivity contribution is 0.171. The van der Waals surface area contributed by atoms with Crippen molar-refractivity contribution in [1.29, 1.82) is 0 Å². The average molecular weight is 309 g/mol. The molecule has 2 aromatic carbocycles. The van der Waals surface area contributed by atoms with E-state index in [4.69, 9.17) is 14.2 Å². The van der Waals surface area contributed by atoms with Crippen LogP contribution in [0.2, 0.25) is 0 Å². The molecular formula is C17H15N3O3. The summed E-state index contributed by atoms with van der Waals surface area (Å²) in [5.74, 6) is 2.97. The van der Waals surface area contributed by atoms with Crippen molar-refractivity contribution in [2.24, 2.45) is 0 Å². The molecule has 0 bridgehead atoms. The summed E-state index contributed by atoms with van der Waals surface area (Å²) in [7, 11) is 1.64. The van der Waals surface area contributed by atoms with E-state index >= 15 is 0 Å². The van der Waals surface area contributed by atoms with Crippen molar-refractivity contribution in [2.45, 2.75) is 0 Å². The lowest BCUT2D eigenvalue weighted by Crippen LogP contribution is -2.15. The van der Waals surface area contributed by atoms with E-state index < -0.39 is 0 Å². The number of rotatable bonds is 3. The summed E-state index contributed by atoms with van der Waals surface area (Å²) < 4.78 is 16.4. The van der Waals surface area contributed by atoms with Gasteiger partial charge >= 0.3 is 0 Å². The normalized spacial score (nSPS) is 12.9. The summed E-state index contributed by atoms with van der Waals surface area (Å²) in [4.78, 5) is 8.62. The molecule has 6 nitrogen and oxygen atoms in total. The van der Waals surface area contributed by atoms with Crippen molar-refractivity contribution in [2.75, 3.05) is 25.6 Å². The third kappa shape index (κ3) is 2.59. The van der Waals surface area contributed by atoms with Crippen molar-refractivity contribution < 1.29 is 14.2 Å². The molecule has 4 rings (SSSR count). The molecule has 0 saturated heterocycles. The number of hydrogen-bond donors (Lipinski definition) is 1. The van der Waals surface area contributed by atoms with Crippen LogP contribution in [0, 0.1) is 0 Å². The highest BCUT2D eigenvalue weighted by Gasteiger charge is 2.12. The predicted molar refractivity (Wildman–Crippen MR) is 86.8 cm³/mol. The fraction of sp³-hybridized carbons (Fsp3) is 0.176. The van der Waals surface area contributed by atoms with Gasteiger partial charge in [-0.3, -0.25) is 0 Å². The lowest BCUT2D eigenvalue weighted by atomic mass is 10.2. The Kier molecular flexibility index (Phi) is 3.34. The molecule has 1 aromatic heterocycles. The molecule has 0 spiro atoms. The number of fused-ring (bicyclic) bond motifs is 2. The highest BCUT2D eigenvalue weighted by Crippen LogP contribution is 2.34. The van der Waals surface area contributed by atoms with Crippen LogP contribution in [-0.2, 0) is 0 Å². The smallest absolute Gasteiger partial charge is 0.163 e. The van der Waals surface area contributed by atoms with Crippen LogP contribution in [0.4, 0.5) is 11.5 Å². The zero-order valence-corrected chi connectivity index (χ0v) is 12.6. The quantitative estimate of drug-likeness (QED) is 0.802. The molecule has 3 aromatic rings. The minimum atomic E-state index is 0.560. The van der Waals surface area contributed by atoms with Crippen LogP contribution in [0.5, 0.6) is 17.2 Å². The van der Waals surface area contributed by atoms with E-state index in [1.165, 1.54) is 6.33 Å². The summed E-state index contributed by atoms with van der Waals surface area (Å²) in [5, 5.41) is 4.20. The molecule has 1 aliphatic rings. The van der Waals surface area contributed by atoms with Crippen LogP contribution in [0.25, 0.3) is 10.9 Å². The van der Waals surface area contributed by atoms with Crippen molar-refractivity contribution in [3.63, 3.8) is 0 Å². The Morgan fingerprint density at radius 3 is 2.74 bits per heavy atom. The molecule has 0 radical (unpaired) electrons. The summed E-state index contributed by atoms with van der Waals surface area (Å²) in [6, 6.07) is 11.4. The second-order valence-electron chi connectivity index (χ2n) is 5.09. The van der Waals surface area contributed by atoms with E-state index in [9.17, 15) is 0 Å². The maximum atomic E-state index is 5.61. The predicted octanol–water partition coefficient (Wildman–Crippen LogP) is 3.15. The zero-order chi connectivity index (χ0) is 15.6. The van der Waals surface area contributed by atoms with Crippen molar-refractivity contribution in [1.82, 2.24) is 9.97 Å². The van der Waals surface area contributed by atoms with Crippen LogP contribution in [0.15, 0.2) is 42.7 Å². The summed E-state index contributed by atoms with van der Waals surface area (Å²) >= 11 is 0. The van der Waals surface area contributed by atoms with Crippen molar-refractivity contribution >= 4 is 22.4 Å². The van der Waals surface area contributed by atoms with E-state index in [1.54, 1.807) is 7.11 Å². The number of ether oxygens (including phenoxy) is 3. The monoisotopic (exact) mass is 309 g/mol. The standard InChI is InChI=1S/C17H15N3O3/c1-21-12-3-4-14-13(9-12)17(19-10-18-14)20-11-2-5-15-16(8-11)23-7-6-22-15/h2-5,8-10H,6-7H2,1H3,(H,18,19,20). The molecule has 0 fully saturated rings. The first-order valence-electron chi connectivity index (χ1n) is 7.29. The third-order valence-corrected chi connectivity index (χ3v) is 3.65. The molecule has 0 amide bonds. The molecule has 0 aliphatic carbocycles. The van der Waals surface area contributed by atoms with Gasteiger partial charge < -0.3 is 19.5 Å². The lowest BCUT2D eigenvalue weighted by Gasteiger charge is -2.19. The van der Waals surface area contributed by atoms with Gasteiger partial charge in [0.1, 0.15) is 31.1 Å². The molecule has 23 heavy (non-hydrogen) atoms. The number of nitrogens with zero attached hydrogens (tertiary/aromatic N) is 2. The minimum absolute atomic E-state index is 0.560. The minimum Gasteiger partial charge on any atom is -0.497 e. The van der Waals surface area contributed by atoms with Crippen LogP contribution >= 0.6 is 0 Å². The van der Waals surface area contributed by atoms with Crippen LogP contribution in [0.3, 0.4) is 0 Å². The Morgan fingerprint density at radius 1 is 1.00 bits per heavy atom. The molecule has 6 heteroatoms. The van der Waals surface area contributed by atoms with E-state index in [0.29, 0.717) is 19.0 Å². The van der Waals surface area contributed by atoms with Crippen molar-refractivity contribution in [3.05, 3.63) is 42.7 Å². The van der Waals surface area contributed by atoms with E-state index in [2.05, 4.69) is 15.3 Å². The van der Waals surface area contributed by atoms with Crippen LogP contribution < -0.4 is 19.5 Å². The molecule has 0 unspecified atom stereocenters. The van der Waals surface area contributed by atoms with E-state index in [0.717, 1.165) is 33.8 Å². The largest absolute Gasteiger partial charge is 0.497 e. The number of hydrogen-bond acceptors (Lipinski definition) is 6. The van der Waals surface area contributed by atoms with E-state index in [1.807, 2.05) is 36.4 Å². The first-order valence-corrected chi connectivity index (χ1v) is 7.29. The molecule has 0 saturated carbocycles. The van der Waals surface area contributed by atoms with Gasteiger partial charge in [-0.1, -0.05) is 0 Å². The van der Waals surface area contributed by atoms with Gasteiger partial charge in [0.05, 0.1) is 12.6 Å². The molecular weight excluding hydrogens is 294 g/mol. The SMILES string of the molecule is COc1ccc2ncnc(Nc3ccc4c(c3)OCCO4)c2c1. The highest BCUT2D eigenvalue weighted by molar-refractivity contribution is 5.91. The zero-order valence-electron chi connectivity index (χ0n) is 12.6. The van der Waals surface area contributed by atoms with Gasteiger partial charge in [0, 0.05) is 17.1 Å². The highest BCUT2D eigenvalue weighted by atomic mass is 16.6. The molecule has 0 atom stereocenters. The fourth-order valence-corrected chi connectivity index (χ4v) is 2.52. The van der Waals surface area contributed by atoms with Crippen LogP contribution in [0.1, 0.15) is 0 Å². The number of aromatic nitrogens is 2. The van der Waals surface area contributed by atoms with Gasteiger partial charge in [0.15, 0.2) is 11.5 Å². The Balaban J connectivity index is 1.72. The van der Waals surface area contributed by atoms with Gasteiger partial charge in [0.25, 0.3) is 0 Å². The number of benzene rings is 2. The molecule has 1 aliphatic heterocycles. The second kappa shape index (κ2) is 5.64. The van der Waals surface area contributed by atoms with Gasteiger partial charge in [0.2, 0.25) is 0 Å². The summed E-state index contributed by atoms with van der Waals surface area (Å²) in [6.07, 6.45) is 1.54. The van der Waals surface area contributed by atoms with E-state index in [-0.39, 0.29) is 0 Å². The maximum Gasteiger partial charge on any atom is 0.163 e. The Hall–Kier alpha value is -3.02.